The van der Waals surface area contributed by atoms with E-state index in [4.69, 9.17) is 27.9 Å². The molecule has 20 heavy (non-hydrogen) atoms. The first-order valence-electron chi connectivity index (χ1n) is 5.26. The van der Waals surface area contributed by atoms with Crippen LogP contribution in [0.5, 0.6) is 5.75 Å². The van der Waals surface area contributed by atoms with Crippen LogP contribution in [0, 0.1) is 0 Å². The fourth-order valence-corrected chi connectivity index (χ4v) is 2.32. The molecule has 0 spiro atoms. The van der Waals surface area contributed by atoms with E-state index in [9.17, 15) is 18.0 Å². The summed E-state index contributed by atoms with van der Waals surface area (Å²) >= 11 is 11.6. The van der Waals surface area contributed by atoms with Crippen LogP contribution >= 0.6 is 23.2 Å². The number of alkyl halides is 3. The van der Waals surface area contributed by atoms with Crippen molar-refractivity contribution in [3.8, 4) is 5.75 Å². The number of fused-ring (bicyclic) bond motifs is 1. The molecule has 1 aromatic rings. The van der Waals surface area contributed by atoms with Crippen LogP contribution in [0.4, 0.5) is 13.2 Å². The van der Waals surface area contributed by atoms with E-state index in [1.807, 2.05) is 0 Å². The van der Waals surface area contributed by atoms with E-state index >= 15 is 0 Å². The van der Waals surface area contributed by atoms with Crippen LogP contribution in [0.1, 0.15) is 5.56 Å². The summed E-state index contributed by atoms with van der Waals surface area (Å²) < 4.78 is 48.0. The van der Waals surface area contributed by atoms with Crippen LogP contribution in [-0.4, -0.2) is 25.4 Å². The minimum Gasteiger partial charge on any atom is -0.474 e. The number of hydrogen-bond donors (Lipinski definition) is 0. The Morgan fingerprint density at radius 2 is 2.00 bits per heavy atom. The summed E-state index contributed by atoms with van der Waals surface area (Å²) in [5, 5.41) is 0.144. The Hall–Kier alpha value is -1.40. The van der Waals surface area contributed by atoms with E-state index in [1.165, 1.54) is 12.1 Å². The van der Waals surface area contributed by atoms with E-state index in [0.717, 1.165) is 13.2 Å². The average molecular weight is 327 g/mol. The Kier molecular flexibility index (Phi) is 3.88. The molecule has 1 unspecified atom stereocenters. The summed E-state index contributed by atoms with van der Waals surface area (Å²) in [4.78, 5) is 11.5. The highest BCUT2D eigenvalue weighted by atomic mass is 35.5. The van der Waals surface area contributed by atoms with Gasteiger partial charge in [-0.2, -0.15) is 13.2 Å². The molecule has 3 nitrogen and oxygen atoms in total. The lowest BCUT2D eigenvalue weighted by atomic mass is 10.0. The van der Waals surface area contributed by atoms with E-state index in [1.54, 1.807) is 0 Å². The van der Waals surface area contributed by atoms with Crippen LogP contribution in [0.3, 0.4) is 0 Å². The number of rotatable bonds is 1. The van der Waals surface area contributed by atoms with Gasteiger partial charge < -0.3 is 9.47 Å². The minimum atomic E-state index is -4.78. The van der Waals surface area contributed by atoms with Crippen molar-refractivity contribution in [2.75, 3.05) is 7.11 Å². The Bertz CT molecular complexity index is 596. The van der Waals surface area contributed by atoms with E-state index < -0.39 is 23.8 Å². The molecule has 0 N–H and O–H groups in total. The summed E-state index contributed by atoms with van der Waals surface area (Å²) in [6.45, 7) is 0. The lowest BCUT2D eigenvalue weighted by molar-refractivity contribution is -0.187. The predicted octanol–water partition coefficient (Wildman–Crippen LogP) is 3.87. The van der Waals surface area contributed by atoms with Gasteiger partial charge in [-0.25, -0.2) is 4.79 Å². The topological polar surface area (TPSA) is 35.5 Å². The Balaban J connectivity index is 2.60. The van der Waals surface area contributed by atoms with Crippen LogP contribution in [0.2, 0.25) is 10.0 Å². The summed E-state index contributed by atoms with van der Waals surface area (Å²) in [5.74, 6) is -1.31. The zero-order valence-corrected chi connectivity index (χ0v) is 11.4. The van der Waals surface area contributed by atoms with Gasteiger partial charge in [0.2, 0.25) is 6.10 Å². The van der Waals surface area contributed by atoms with Gasteiger partial charge >= 0.3 is 12.1 Å². The number of methoxy groups -OCH3 is 1. The van der Waals surface area contributed by atoms with Crippen LogP contribution in [0.15, 0.2) is 17.7 Å². The van der Waals surface area contributed by atoms with Crippen LogP contribution in [-0.2, 0) is 9.53 Å². The lowest BCUT2D eigenvalue weighted by Crippen LogP contribution is -2.40. The molecule has 1 aliphatic heterocycles. The predicted molar refractivity (Wildman–Crippen MR) is 66.9 cm³/mol. The molecule has 1 aromatic carbocycles. The quantitative estimate of drug-likeness (QED) is 0.735. The molecule has 1 aliphatic rings. The largest absolute Gasteiger partial charge is 0.474 e. The summed E-state index contributed by atoms with van der Waals surface area (Å²) in [7, 11) is 0.983. The summed E-state index contributed by atoms with van der Waals surface area (Å²) in [6, 6.07) is 2.60. The van der Waals surface area contributed by atoms with Gasteiger partial charge in [0.1, 0.15) is 5.75 Å². The zero-order valence-electron chi connectivity index (χ0n) is 9.92. The molecule has 1 heterocycles. The molecule has 0 amide bonds. The molecule has 0 aromatic heterocycles. The molecular formula is C12H7Cl2F3O3. The lowest BCUT2D eigenvalue weighted by Gasteiger charge is -2.28. The highest BCUT2D eigenvalue weighted by Crippen LogP contribution is 2.42. The van der Waals surface area contributed by atoms with Crippen molar-refractivity contribution in [1.82, 2.24) is 0 Å². The molecule has 1 atom stereocenters. The third-order valence-electron chi connectivity index (χ3n) is 2.58. The summed E-state index contributed by atoms with van der Waals surface area (Å²) in [6.07, 6.45) is -6.19. The Labute approximate surface area is 121 Å². The van der Waals surface area contributed by atoms with Gasteiger partial charge in [0, 0.05) is 10.6 Å². The number of benzene rings is 1. The zero-order chi connectivity index (χ0) is 15.1. The van der Waals surface area contributed by atoms with Gasteiger partial charge in [0.25, 0.3) is 0 Å². The Morgan fingerprint density at radius 1 is 1.35 bits per heavy atom. The molecular weight excluding hydrogens is 320 g/mol. The second kappa shape index (κ2) is 5.18. The number of halogens is 5. The fraction of sp³-hybridized carbons (Fsp3) is 0.250. The number of ether oxygens (including phenoxy) is 2. The van der Waals surface area contributed by atoms with Crippen LogP contribution < -0.4 is 4.74 Å². The van der Waals surface area contributed by atoms with Gasteiger partial charge in [-0.15, -0.1) is 0 Å². The first-order valence-corrected chi connectivity index (χ1v) is 6.02. The van der Waals surface area contributed by atoms with Crippen molar-refractivity contribution in [2.45, 2.75) is 12.3 Å². The number of esters is 1. The molecule has 0 fully saturated rings. The average Bonchev–Trinajstić information content (AvgIpc) is 2.35. The molecule has 0 saturated heterocycles. The number of carbonyl (C=O) groups is 1. The number of hydrogen-bond acceptors (Lipinski definition) is 3. The van der Waals surface area contributed by atoms with E-state index in [0.29, 0.717) is 0 Å². The van der Waals surface area contributed by atoms with Crippen molar-refractivity contribution in [2.24, 2.45) is 0 Å². The Morgan fingerprint density at radius 3 is 2.55 bits per heavy atom. The highest BCUT2D eigenvalue weighted by molar-refractivity contribution is 6.36. The molecule has 8 heteroatoms. The van der Waals surface area contributed by atoms with Gasteiger partial charge in [0.05, 0.1) is 17.7 Å². The van der Waals surface area contributed by atoms with Gasteiger partial charge in [-0.3, -0.25) is 0 Å². The van der Waals surface area contributed by atoms with Gasteiger partial charge in [-0.1, -0.05) is 23.2 Å². The van der Waals surface area contributed by atoms with Crippen molar-refractivity contribution in [3.63, 3.8) is 0 Å². The maximum Gasteiger partial charge on any atom is 0.430 e. The highest BCUT2D eigenvalue weighted by Gasteiger charge is 2.49. The molecule has 0 bridgehead atoms. The van der Waals surface area contributed by atoms with Gasteiger partial charge in [-0.05, 0) is 18.2 Å². The van der Waals surface area contributed by atoms with E-state index in [2.05, 4.69) is 4.74 Å². The second-order valence-corrected chi connectivity index (χ2v) is 4.78. The molecule has 0 saturated carbocycles. The molecule has 0 radical (unpaired) electrons. The molecule has 0 aliphatic carbocycles. The van der Waals surface area contributed by atoms with Crippen molar-refractivity contribution < 1.29 is 27.4 Å². The maximum absolute atomic E-state index is 13.0. The van der Waals surface area contributed by atoms with E-state index in [-0.39, 0.29) is 21.4 Å². The normalized spacial score (nSPS) is 17.9. The van der Waals surface area contributed by atoms with Gasteiger partial charge in [0.15, 0.2) is 0 Å². The minimum absolute atomic E-state index is 0.0677. The molecule has 108 valence electrons. The van der Waals surface area contributed by atoms with Crippen molar-refractivity contribution >= 4 is 35.2 Å². The molecule has 2 rings (SSSR count). The van der Waals surface area contributed by atoms with Crippen molar-refractivity contribution in [1.29, 1.82) is 0 Å². The third-order valence-corrected chi connectivity index (χ3v) is 3.08. The van der Waals surface area contributed by atoms with Crippen LogP contribution in [0.25, 0.3) is 6.08 Å². The maximum atomic E-state index is 13.0. The summed E-state index contributed by atoms with van der Waals surface area (Å²) in [5.41, 5.74) is -0.478. The third kappa shape index (κ3) is 2.71. The SMILES string of the molecule is COC(=O)C1=Cc2cc(Cl)cc(Cl)c2OC1C(F)(F)F. The first kappa shape index (κ1) is 15.0. The second-order valence-electron chi connectivity index (χ2n) is 3.94. The fourth-order valence-electron chi connectivity index (χ4n) is 1.76. The monoisotopic (exact) mass is 326 g/mol. The standard InChI is InChI=1S/C12H7Cl2F3O3/c1-19-11(18)7-3-5-2-6(13)4-8(14)9(5)20-10(7)12(15,16)17/h2-4,10H,1H3. The number of carbonyl (C=O) groups excluding carboxylic acids is 1. The first-order chi connectivity index (χ1) is 9.24. The van der Waals surface area contributed by atoms with Crippen molar-refractivity contribution in [3.05, 3.63) is 33.3 Å². The smallest absolute Gasteiger partial charge is 0.430 e.